The number of ether oxygens (including phenoxy) is 1. The van der Waals surface area contributed by atoms with Gasteiger partial charge in [-0.05, 0) is 56.8 Å². The molecule has 5 rings (SSSR count). The average Bonchev–Trinajstić information content (AvgIpc) is 3.63. The van der Waals surface area contributed by atoms with E-state index < -0.39 is 0 Å². The minimum absolute atomic E-state index is 0.255. The zero-order valence-corrected chi connectivity index (χ0v) is 22.5. The number of benzene rings is 2. The fourth-order valence-corrected chi connectivity index (χ4v) is 5.00. The lowest BCUT2D eigenvalue weighted by molar-refractivity contribution is -0.111. The number of aromatic nitrogens is 2. The number of methoxy groups -OCH3 is 1. The number of anilines is 6. The van der Waals surface area contributed by atoms with Crippen molar-refractivity contribution in [1.82, 2.24) is 14.9 Å². The van der Waals surface area contributed by atoms with Crippen LogP contribution in [-0.2, 0) is 10.2 Å². The Morgan fingerprint density at radius 3 is 2.66 bits per heavy atom. The summed E-state index contributed by atoms with van der Waals surface area (Å²) in [5.41, 5.74) is 5.00. The molecule has 0 unspecified atom stereocenters. The Labute approximate surface area is 224 Å². The maximum absolute atomic E-state index is 12.3. The number of rotatable bonds is 10. The standard InChI is InChI=1S/C29H35N7O2/c1-6-27(37)31-21-17-22(25(38-5)18-24(21)35(4)16-15-34(2)3)32-28-30-14-11-26(33-28)36-19-29(12-13-29)20-9-7-8-10-23(20)36/h6-11,14,17-18H,1,12-13,15-16,19H2,2-5H3,(H,31,37)(H,30,32,33). The lowest BCUT2D eigenvalue weighted by Crippen LogP contribution is -2.29. The van der Waals surface area contributed by atoms with Gasteiger partial charge in [0.15, 0.2) is 0 Å². The number of nitrogens with zero attached hydrogens (tertiary/aromatic N) is 5. The maximum Gasteiger partial charge on any atom is 0.247 e. The van der Waals surface area contributed by atoms with Crippen LogP contribution in [0.4, 0.5) is 34.5 Å². The van der Waals surface area contributed by atoms with Crippen molar-refractivity contribution in [3.05, 3.63) is 66.9 Å². The van der Waals surface area contributed by atoms with Gasteiger partial charge >= 0.3 is 0 Å². The highest BCUT2D eigenvalue weighted by atomic mass is 16.5. The Morgan fingerprint density at radius 1 is 1.16 bits per heavy atom. The van der Waals surface area contributed by atoms with Gasteiger partial charge in [-0.15, -0.1) is 0 Å². The largest absolute Gasteiger partial charge is 0.494 e. The summed E-state index contributed by atoms with van der Waals surface area (Å²) >= 11 is 0. The molecule has 2 aliphatic rings. The van der Waals surface area contributed by atoms with Crippen LogP contribution in [0, 0.1) is 0 Å². The summed E-state index contributed by atoms with van der Waals surface area (Å²) in [6.45, 7) is 6.15. The second-order valence-electron chi connectivity index (χ2n) is 10.2. The number of carbonyl (C=O) groups excluding carboxylic acids is 1. The second kappa shape index (κ2) is 10.3. The topological polar surface area (TPSA) is 85.9 Å². The fourth-order valence-electron chi connectivity index (χ4n) is 5.00. The third kappa shape index (κ3) is 5.02. The van der Waals surface area contributed by atoms with Crippen molar-refractivity contribution >= 4 is 40.4 Å². The molecule has 1 aliphatic carbocycles. The van der Waals surface area contributed by atoms with Crippen LogP contribution in [0.5, 0.6) is 5.75 Å². The van der Waals surface area contributed by atoms with Gasteiger partial charge in [-0.2, -0.15) is 4.98 Å². The van der Waals surface area contributed by atoms with Crippen LogP contribution in [0.25, 0.3) is 0 Å². The van der Waals surface area contributed by atoms with Crippen molar-refractivity contribution in [3.63, 3.8) is 0 Å². The highest BCUT2D eigenvalue weighted by Crippen LogP contribution is 2.57. The first-order chi connectivity index (χ1) is 18.3. The monoisotopic (exact) mass is 513 g/mol. The third-order valence-corrected chi connectivity index (χ3v) is 7.30. The second-order valence-corrected chi connectivity index (χ2v) is 10.2. The van der Waals surface area contributed by atoms with Gasteiger partial charge in [0, 0.05) is 50.0 Å². The summed E-state index contributed by atoms with van der Waals surface area (Å²) in [6.07, 6.45) is 5.44. The minimum Gasteiger partial charge on any atom is -0.494 e. The molecule has 3 aromatic rings. The average molecular weight is 514 g/mol. The van der Waals surface area contributed by atoms with E-state index in [0.717, 1.165) is 31.1 Å². The van der Waals surface area contributed by atoms with E-state index in [1.807, 2.05) is 39.3 Å². The normalized spacial score (nSPS) is 14.8. The molecular weight excluding hydrogens is 478 g/mol. The Bertz CT molecular complexity index is 1350. The van der Waals surface area contributed by atoms with Gasteiger partial charge in [-0.3, -0.25) is 4.79 Å². The summed E-state index contributed by atoms with van der Waals surface area (Å²) < 4.78 is 5.73. The summed E-state index contributed by atoms with van der Waals surface area (Å²) in [5.74, 6) is 1.62. The van der Waals surface area contributed by atoms with Crippen LogP contribution < -0.4 is 25.2 Å². The number of para-hydroxylation sites is 1. The van der Waals surface area contributed by atoms with E-state index in [4.69, 9.17) is 9.72 Å². The van der Waals surface area contributed by atoms with E-state index in [9.17, 15) is 4.79 Å². The molecule has 198 valence electrons. The molecule has 9 heteroatoms. The van der Waals surface area contributed by atoms with Crippen LogP contribution in [0.2, 0.25) is 0 Å². The van der Waals surface area contributed by atoms with Crippen LogP contribution in [-0.4, -0.2) is 68.7 Å². The molecule has 1 fully saturated rings. The molecule has 9 nitrogen and oxygen atoms in total. The van der Waals surface area contributed by atoms with E-state index in [-0.39, 0.29) is 11.3 Å². The predicted octanol–water partition coefficient (Wildman–Crippen LogP) is 4.53. The highest BCUT2D eigenvalue weighted by Gasteiger charge is 2.52. The molecule has 0 saturated heterocycles. The van der Waals surface area contributed by atoms with Crippen molar-refractivity contribution in [3.8, 4) is 5.75 Å². The van der Waals surface area contributed by atoms with Crippen LogP contribution >= 0.6 is 0 Å². The molecule has 1 aliphatic heterocycles. The Kier molecular flexibility index (Phi) is 6.94. The number of nitrogens with one attached hydrogen (secondary N) is 2. The minimum atomic E-state index is -0.289. The molecule has 0 bridgehead atoms. The van der Waals surface area contributed by atoms with Crippen molar-refractivity contribution in [2.24, 2.45) is 0 Å². The summed E-state index contributed by atoms with van der Waals surface area (Å²) in [7, 11) is 7.67. The number of amides is 1. The number of fused-ring (bicyclic) bond motifs is 2. The van der Waals surface area contributed by atoms with Crippen LogP contribution in [0.15, 0.2) is 61.3 Å². The lowest BCUT2D eigenvalue weighted by atomic mass is 9.99. The van der Waals surface area contributed by atoms with Crippen LogP contribution in [0.1, 0.15) is 18.4 Å². The smallest absolute Gasteiger partial charge is 0.247 e. The molecule has 1 amide bonds. The molecule has 2 aromatic carbocycles. The predicted molar refractivity (Wildman–Crippen MR) is 153 cm³/mol. The van der Waals surface area contributed by atoms with Crippen molar-refractivity contribution in [1.29, 1.82) is 0 Å². The number of likely N-dealkylation sites (N-methyl/N-ethyl adjacent to an activating group) is 2. The first-order valence-corrected chi connectivity index (χ1v) is 12.8. The van der Waals surface area contributed by atoms with Gasteiger partial charge in [0.1, 0.15) is 11.6 Å². The molecule has 0 atom stereocenters. The molecule has 1 spiro atoms. The van der Waals surface area contributed by atoms with Gasteiger partial charge in [-0.25, -0.2) is 4.98 Å². The van der Waals surface area contributed by atoms with Crippen LogP contribution in [0.3, 0.4) is 0 Å². The van der Waals surface area contributed by atoms with E-state index in [2.05, 4.69) is 61.2 Å². The van der Waals surface area contributed by atoms with Crippen molar-refractivity contribution in [2.75, 3.05) is 68.3 Å². The van der Waals surface area contributed by atoms with Gasteiger partial charge in [-0.1, -0.05) is 24.8 Å². The van der Waals surface area contributed by atoms with E-state index in [0.29, 0.717) is 23.1 Å². The molecular formula is C29H35N7O2. The summed E-state index contributed by atoms with van der Waals surface area (Å²) in [5, 5.41) is 6.25. The van der Waals surface area contributed by atoms with E-state index in [1.54, 1.807) is 13.3 Å². The summed E-state index contributed by atoms with van der Waals surface area (Å²) in [4.78, 5) is 28.1. The van der Waals surface area contributed by atoms with Crippen molar-refractivity contribution < 1.29 is 9.53 Å². The van der Waals surface area contributed by atoms with Gasteiger partial charge in [0.05, 0.1) is 24.2 Å². The zero-order chi connectivity index (χ0) is 26.9. The van der Waals surface area contributed by atoms with E-state index in [1.165, 1.54) is 30.2 Å². The number of carbonyl (C=O) groups is 1. The number of hydrogen-bond acceptors (Lipinski definition) is 8. The zero-order valence-electron chi connectivity index (χ0n) is 22.5. The third-order valence-electron chi connectivity index (χ3n) is 7.30. The molecule has 38 heavy (non-hydrogen) atoms. The molecule has 0 radical (unpaired) electrons. The Balaban J connectivity index is 1.45. The molecule has 2 N–H and O–H groups in total. The SMILES string of the molecule is C=CC(=O)Nc1cc(Nc2nccc(N3CC4(CC4)c4ccccc43)n2)c(OC)cc1N(C)CCN(C)C. The van der Waals surface area contributed by atoms with E-state index >= 15 is 0 Å². The number of hydrogen-bond donors (Lipinski definition) is 2. The van der Waals surface area contributed by atoms with Gasteiger partial charge < -0.3 is 30.1 Å². The highest BCUT2D eigenvalue weighted by molar-refractivity contribution is 6.02. The molecule has 1 saturated carbocycles. The maximum atomic E-state index is 12.3. The summed E-state index contributed by atoms with van der Waals surface area (Å²) in [6, 6.07) is 14.3. The first kappa shape index (κ1) is 25.5. The Morgan fingerprint density at radius 2 is 1.95 bits per heavy atom. The quantitative estimate of drug-likeness (QED) is 0.383. The van der Waals surface area contributed by atoms with Gasteiger partial charge in [0.25, 0.3) is 0 Å². The molecule has 2 heterocycles. The lowest BCUT2D eigenvalue weighted by Gasteiger charge is -2.26. The molecule has 1 aromatic heterocycles. The van der Waals surface area contributed by atoms with Crippen molar-refractivity contribution in [2.45, 2.75) is 18.3 Å². The fraction of sp³-hybridized carbons (Fsp3) is 0.345. The first-order valence-electron chi connectivity index (χ1n) is 12.8. The van der Waals surface area contributed by atoms with Gasteiger partial charge in [0.2, 0.25) is 11.9 Å². The Hall–Kier alpha value is -4.11.